The van der Waals surface area contributed by atoms with Crippen LogP contribution >= 0.6 is 0 Å². The van der Waals surface area contributed by atoms with Gasteiger partial charge in [-0.2, -0.15) is 0 Å². The third-order valence-electron chi connectivity index (χ3n) is 1.37. The molecule has 0 aromatic heterocycles. The summed E-state index contributed by atoms with van der Waals surface area (Å²) < 4.78 is 4.69. The van der Waals surface area contributed by atoms with Gasteiger partial charge >= 0.3 is 39.2 Å². The molecule has 0 amide bonds. The van der Waals surface area contributed by atoms with Crippen molar-refractivity contribution in [3.05, 3.63) is 29.8 Å². The van der Waals surface area contributed by atoms with E-state index in [1.165, 1.54) is 19.1 Å². The maximum atomic E-state index is 10.6. The molecule has 0 aliphatic heterocycles. The van der Waals surface area contributed by atoms with Gasteiger partial charge in [-0.05, 0) is 12.1 Å². The quantitative estimate of drug-likeness (QED) is 0.452. The van der Waals surface area contributed by atoms with E-state index in [4.69, 9.17) is 5.11 Å². The fraction of sp³-hybridized carbons (Fsp3) is 0.111. The zero-order valence-electron chi connectivity index (χ0n) is 7.69. The van der Waals surface area contributed by atoms with Crippen molar-refractivity contribution in [3.63, 3.8) is 0 Å². The number of hydrogen-bond acceptors (Lipinski definition) is 3. The van der Waals surface area contributed by atoms with E-state index < -0.39 is 11.9 Å². The number of aromatic carboxylic acids is 1. The van der Waals surface area contributed by atoms with Gasteiger partial charge in [-0.1, -0.05) is 12.1 Å². The van der Waals surface area contributed by atoms with Crippen LogP contribution in [0.1, 0.15) is 17.3 Å². The Hall–Kier alpha value is -0.918. The van der Waals surface area contributed by atoms with Gasteiger partial charge in [-0.25, -0.2) is 4.79 Å². The predicted molar refractivity (Wildman–Crippen MR) is 53.3 cm³/mol. The van der Waals surface area contributed by atoms with Crippen LogP contribution < -0.4 is 4.74 Å². The first-order chi connectivity index (χ1) is 6.11. The number of esters is 1. The molecule has 2 radical (unpaired) electrons. The molecule has 0 spiro atoms. The molecule has 0 bridgehead atoms. The first-order valence-electron chi connectivity index (χ1n) is 3.62. The number of carboxylic acids is 1. The molecule has 1 rings (SSSR count). The Morgan fingerprint density at radius 1 is 1.29 bits per heavy atom. The summed E-state index contributed by atoms with van der Waals surface area (Å²) in [5.41, 5.74) is -0.0160. The summed E-state index contributed by atoms with van der Waals surface area (Å²) >= 11 is 0. The van der Waals surface area contributed by atoms with Crippen molar-refractivity contribution in [1.82, 2.24) is 0 Å². The third-order valence-corrected chi connectivity index (χ3v) is 1.37. The van der Waals surface area contributed by atoms with E-state index >= 15 is 0 Å². The van der Waals surface area contributed by atoms with Gasteiger partial charge in [0.05, 0.1) is 0 Å². The average Bonchev–Trinajstić information content (AvgIpc) is 2.03. The van der Waals surface area contributed by atoms with Gasteiger partial charge in [-0.15, -0.1) is 0 Å². The molecule has 0 saturated heterocycles. The van der Waals surface area contributed by atoms with Crippen molar-refractivity contribution in [3.8, 4) is 5.75 Å². The van der Waals surface area contributed by atoms with Crippen LogP contribution in [0.5, 0.6) is 5.75 Å². The van der Waals surface area contributed by atoms with Crippen LogP contribution in [0.15, 0.2) is 24.3 Å². The topological polar surface area (TPSA) is 63.6 Å². The summed E-state index contributed by atoms with van der Waals surface area (Å²) in [4.78, 5) is 21.2. The van der Waals surface area contributed by atoms with E-state index in [9.17, 15) is 9.59 Å². The normalized spacial score (nSPS) is 8.64. The Kier molecular flexibility index (Phi) is 5.36. The summed E-state index contributed by atoms with van der Waals surface area (Å²) in [6.07, 6.45) is 0. The van der Waals surface area contributed by atoms with E-state index in [0.29, 0.717) is 0 Å². The maximum absolute atomic E-state index is 10.6. The number of carboxylic acid groups (broad SMARTS) is 1. The van der Waals surface area contributed by atoms with Gasteiger partial charge in [0, 0.05) is 6.92 Å². The van der Waals surface area contributed by atoms with Gasteiger partial charge in [-0.3, -0.25) is 4.79 Å². The monoisotopic (exact) mass is 390 g/mol. The van der Waals surface area contributed by atoms with Gasteiger partial charge in [0.15, 0.2) is 0 Å². The number of carbonyl (C=O) groups is 2. The van der Waals surface area contributed by atoms with Crippen molar-refractivity contribution in [2.24, 2.45) is 0 Å². The average molecular weight is 389 g/mol. The molecule has 0 atom stereocenters. The van der Waals surface area contributed by atoms with Crippen LogP contribution in [0.2, 0.25) is 0 Å². The Morgan fingerprint density at radius 2 is 1.86 bits per heavy atom. The standard InChI is InChI=1S/C9H8O4.Pb.2H/c1-6(10)13-8-5-3-2-4-7(8)9(11)12;;;/h2-5H,1H3,(H,11,12);;;. The second-order valence-electron chi connectivity index (χ2n) is 2.39. The molecule has 5 heteroatoms. The number of ether oxygens (including phenoxy) is 1. The minimum absolute atomic E-state index is 0. The van der Waals surface area contributed by atoms with Crippen molar-refractivity contribution < 1.29 is 19.4 Å². The van der Waals surface area contributed by atoms with E-state index in [1.54, 1.807) is 12.1 Å². The van der Waals surface area contributed by atoms with Gasteiger partial charge in [0.1, 0.15) is 11.3 Å². The third kappa shape index (κ3) is 3.45. The second kappa shape index (κ2) is 5.74. The molecular formula is C9H10O4Pb. The molecule has 74 valence electrons. The summed E-state index contributed by atoms with van der Waals surface area (Å²) in [5.74, 6) is -1.58. The number of carbonyl (C=O) groups excluding carboxylic acids is 1. The zero-order chi connectivity index (χ0) is 9.84. The summed E-state index contributed by atoms with van der Waals surface area (Å²) in [6.45, 7) is 1.22. The Labute approximate surface area is 101 Å². The molecule has 0 aliphatic carbocycles. The fourth-order valence-corrected chi connectivity index (χ4v) is 0.887. The van der Waals surface area contributed by atoms with Gasteiger partial charge < -0.3 is 9.84 Å². The van der Waals surface area contributed by atoms with Crippen LogP contribution in [0.3, 0.4) is 0 Å². The van der Waals surface area contributed by atoms with Crippen molar-refractivity contribution in [2.75, 3.05) is 0 Å². The Balaban J connectivity index is 0.00000169. The van der Waals surface area contributed by atoms with Crippen LogP contribution in [0, 0.1) is 0 Å². The molecule has 4 nitrogen and oxygen atoms in total. The van der Waals surface area contributed by atoms with E-state index in [1.807, 2.05) is 0 Å². The number of benzene rings is 1. The second-order valence-corrected chi connectivity index (χ2v) is 2.39. The molecule has 1 aromatic rings. The molecular weight excluding hydrogens is 379 g/mol. The summed E-state index contributed by atoms with van der Waals surface area (Å²) in [6, 6.07) is 5.98. The number of rotatable bonds is 2. The van der Waals surface area contributed by atoms with Crippen LogP contribution in [0.4, 0.5) is 0 Å². The van der Waals surface area contributed by atoms with Gasteiger partial charge in [0.25, 0.3) is 0 Å². The van der Waals surface area contributed by atoms with Crippen LogP contribution in [-0.4, -0.2) is 44.3 Å². The first kappa shape index (κ1) is 13.1. The molecule has 1 aromatic carbocycles. The Morgan fingerprint density at radius 3 is 2.36 bits per heavy atom. The van der Waals surface area contributed by atoms with E-state index in [2.05, 4.69) is 4.74 Å². The molecule has 0 unspecified atom stereocenters. The van der Waals surface area contributed by atoms with Gasteiger partial charge in [0.2, 0.25) is 0 Å². The molecule has 14 heavy (non-hydrogen) atoms. The molecule has 0 aliphatic rings. The fourth-order valence-electron chi connectivity index (χ4n) is 0.887. The molecule has 1 N–H and O–H groups in total. The molecule has 0 fully saturated rings. The van der Waals surface area contributed by atoms with Crippen LogP contribution in [-0.2, 0) is 4.79 Å². The minimum atomic E-state index is -1.11. The molecule has 0 heterocycles. The van der Waals surface area contributed by atoms with E-state index in [-0.39, 0.29) is 38.6 Å². The zero-order valence-corrected chi connectivity index (χ0v) is 13.2. The number of hydrogen-bond donors (Lipinski definition) is 1. The first-order valence-corrected chi connectivity index (χ1v) is 3.62. The van der Waals surface area contributed by atoms with E-state index in [0.717, 1.165) is 0 Å². The predicted octanol–water partition coefficient (Wildman–Crippen LogP) is 0.394. The van der Waals surface area contributed by atoms with Crippen LogP contribution in [0.25, 0.3) is 0 Å². The van der Waals surface area contributed by atoms with Crippen molar-refractivity contribution >= 4 is 39.2 Å². The number of para-hydroxylation sites is 1. The van der Waals surface area contributed by atoms with Crippen molar-refractivity contribution in [2.45, 2.75) is 6.92 Å². The summed E-state index contributed by atoms with van der Waals surface area (Å²) in [5, 5.41) is 8.69. The molecule has 0 saturated carbocycles. The van der Waals surface area contributed by atoms with Crippen molar-refractivity contribution in [1.29, 1.82) is 0 Å². The Bertz CT molecular complexity index is 348. The SMILES string of the molecule is CC(=O)Oc1ccccc1C(=O)O.[PbH2]. The summed E-state index contributed by atoms with van der Waals surface area (Å²) in [7, 11) is 0.